The summed E-state index contributed by atoms with van der Waals surface area (Å²) in [7, 11) is 0. The minimum Gasteiger partial charge on any atom is -0.508 e. The van der Waals surface area contributed by atoms with Crippen molar-refractivity contribution in [3.8, 4) is 35.4 Å². The summed E-state index contributed by atoms with van der Waals surface area (Å²) in [5.41, 5.74) is 2.52. The summed E-state index contributed by atoms with van der Waals surface area (Å²) in [5, 5.41) is 18.0. The van der Waals surface area contributed by atoms with Gasteiger partial charge in [-0.25, -0.2) is 13.6 Å². The van der Waals surface area contributed by atoms with Crippen LogP contribution in [0.15, 0.2) is 53.5 Å². The minimum absolute atomic E-state index is 0.0349. The van der Waals surface area contributed by atoms with Crippen LogP contribution in [0.1, 0.15) is 102 Å². The number of nitrogens with one attached hydrogen (secondary N) is 2. The first kappa shape index (κ1) is 51.1. The molecule has 0 saturated carbocycles. The average Bonchev–Trinajstić information content (AvgIpc) is 3.94. The summed E-state index contributed by atoms with van der Waals surface area (Å²) in [6.45, 7) is 13.8. The second-order valence-corrected chi connectivity index (χ2v) is 23.0. The van der Waals surface area contributed by atoms with Gasteiger partial charge in [0.2, 0.25) is 11.8 Å². The molecule has 16 nitrogen and oxygen atoms in total. The van der Waals surface area contributed by atoms with E-state index in [0.29, 0.717) is 73.2 Å². The van der Waals surface area contributed by atoms with Gasteiger partial charge in [-0.1, -0.05) is 12.0 Å². The minimum atomic E-state index is -0.727. The molecule has 9 heterocycles. The number of benzene rings is 3. The number of carbonyl (C=O) groups excluding carboxylic acids is 2. The van der Waals surface area contributed by atoms with Gasteiger partial charge >= 0.3 is 11.7 Å². The van der Waals surface area contributed by atoms with Crippen LogP contribution in [-0.4, -0.2) is 135 Å². The number of amides is 2. The highest BCUT2D eigenvalue weighted by Crippen LogP contribution is 2.40. The third kappa shape index (κ3) is 10.1. The van der Waals surface area contributed by atoms with E-state index in [0.717, 1.165) is 107 Å². The van der Waals surface area contributed by atoms with Crippen LogP contribution in [0.5, 0.6) is 11.8 Å². The van der Waals surface area contributed by atoms with E-state index < -0.39 is 23.6 Å². The number of rotatable bonds is 13. The van der Waals surface area contributed by atoms with E-state index in [1.54, 1.807) is 15.3 Å². The van der Waals surface area contributed by atoms with Crippen molar-refractivity contribution >= 4 is 56.0 Å². The number of terminal acetylenes is 1. The quantitative estimate of drug-likeness (QED) is 0.0769. The summed E-state index contributed by atoms with van der Waals surface area (Å²) >= 11 is 0. The molecule has 6 fully saturated rings. The molecule has 3 unspecified atom stereocenters. The maximum atomic E-state index is 17.1. The van der Waals surface area contributed by atoms with E-state index in [4.69, 9.17) is 16.1 Å². The number of fused-ring (bicyclic) bond motifs is 5. The Hall–Kier alpha value is -6.68. The van der Waals surface area contributed by atoms with E-state index in [1.165, 1.54) is 43.5 Å². The number of anilines is 2. The van der Waals surface area contributed by atoms with Gasteiger partial charge in [-0.3, -0.25) is 33.9 Å². The number of likely N-dealkylation sites (tertiary alicyclic amines) is 2. The number of aromatic hydroxyl groups is 1. The molecule has 2 amide bonds. The summed E-state index contributed by atoms with van der Waals surface area (Å²) in [6, 6.07) is 11.7. The topological polar surface area (TPSA) is 166 Å². The molecular weight excluding hydrogens is 981 g/mol. The number of aromatic nitrogens is 5. The number of halogens is 2. The van der Waals surface area contributed by atoms with Crippen molar-refractivity contribution < 1.29 is 28.2 Å². The zero-order chi connectivity index (χ0) is 53.1. The Balaban J connectivity index is 0.627. The Morgan fingerprint density at radius 1 is 0.818 bits per heavy atom. The number of ether oxygens (including phenoxy) is 1. The molecule has 77 heavy (non-hydrogen) atoms. The first-order valence-corrected chi connectivity index (χ1v) is 28.1. The van der Waals surface area contributed by atoms with E-state index in [9.17, 15) is 19.5 Å². The van der Waals surface area contributed by atoms with Crippen LogP contribution in [0.3, 0.4) is 0 Å². The molecule has 12 rings (SSSR count). The van der Waals surface area contributed by atoms with Crippen molar-refractivity contribution in [3.63, 3.8) is 0 Å². The lowest BCUT2D eigenvalue weighted by Crippen LogP contribution is -2.51. The van der Waals surface area contributed by atoms with Crippen molar-refractivity contribution in [2.75, 3.05) is 81.9 Å². The molecule has 3 atom stereocenters. The maximum Gasteiger partial charge on any atom is 0.330 e. The molecule has 0 spiro atoms. The SMILES string of the molecule is C#Cc1c(F)ccc2cc(O)cc(-c3ncc4c(N5CC6CCC(C5)N6)nc(OCCN5CCC(CC6CCN(CC7CCN(c8ccc9c(c8)n(C(C)C)c(=O)n9C8CCC(=O)NC8=O)CC7)CC6)CC5)nc4c3F)c12. The van der Waals surface area contributed by atoms with Gasteiger partial charge in [-0.2, -0.15) is 9.97 Å². The lowest BCUT2D eigenvalue weighted by Gasteiger charge is -2.39. The van der Waals surface area contributed by atoms with Crippen molar-refractivity contribution in [1.82, 2.24) is 44.5 Å². The van der Waals surface area contributed by atoms with E-state index in [1.807, 2.05) is 19.9 Å². The molecule has 6 aromatic rings. The molecular formula is C59H69F2N11O5. The molecule has 6 aliphatic heterocycles. The lowest BCUT2D eigenvalue weighted by molar-refractivity contribution is -0.135. The summed E-state index contributed by atoms with van der Waals surface area (Å²) < 4.78 is 41.8. The van der Waals surface area contributed by atoms with Crippen molar-refractivity contribution in [1.29, 1.82) is 0 Å². The van der Waals surface area contributed by atoms with Crippen molar-refractivity contribution in [2.24, 2.45) is 17.8 Å². The highest BCUT2D eigenvalue weighted by molar-refractivity contribution is 6.03. The van der Waals surface area contributed by atoms with Gasteiger partial charge in [0.05, 0.1) is 22.0 Å². The van der Waals surface area contributed by atoms with Crippen LogP contribution in [0.4, 0.5) is 20.3 Å². The smallest absolute Gasteiger partial charge is 0.330 e. The van der Waals surface area contributed by atoms with E-state index >= 15 is 8.78 Å². The number of hydrogen-bond acceptors (Lipinski definition) is 13. The van der Waals surface area contributed by atoms with Gasteiger partial charge in [0, 0.05) is 86.6 Å². The Labute approximate surface area is 447 Å². The molecule has 18 heteroatoms. The summed E-state index contributed by atoms with van der Waals surface area (Å²) in [6.07, 6.45) is 18.3. The predicted molar refractivity (Wildman–Crippen MR) is 293 cm³/mol. The number of phenols is 1. The summed E-state index contributed by atoms with van der Waals surface area (Å²) in [4.78, 5) is 62.3. The number of piperidine rings is 4. The predicted octanol–water partition coefficient (Wildman–Crippen LogP) is 7.54. The van der Waals surface area contributed by atoms with Gasteiger partial charge in [0.25, 0.3) is 0 Å². The third-order valence-corrected chi connectivity index (χ3v) is 17.8. The fourth-order valence-electron chi connectivity index (χ4n) is 13.7. The normalized spacial score (nSPS) is 22.5. The Kier molecular flexibility index (Phi) is 14.1. The van der Waals surface area contributed by atoms with Crippen molar-refractivity contribution in [3.05, 3.63) is 76.3 Å². The largest absolute Gasteiger partial charge is 0.508 e. The first-order valence-electron chi connectivity index (χ1n) is 28.1. The van der Waals surface area contributed by atoms with E-state index in [2.05, 4.69) is 58.3 Å². The molecule has 3 aromatic heterocycles. The first-order chi connectivity index (χ1) is 37.3. The fraction of sp³-hybridized carbons (Fsp3) is 0.525. The van der Waals surface area contributed by atoms with Crippen LogP contribution in [-0.2, 0) is 9.59 Å². The number of phenolic OH excluding ortho intramolecular Hbond substituents is 1. The standard InChI is InChI=1S/C59H69F2N11O5/c1-4-44-47(60)9-5-39-28-43(73)30-45(52(39)44)54-53(61)55-46(31-62-54)56(70-33-40-6-7-41(34-70)63-40)66-58(65-55)77-26-25-67-19-13-36(14-20-67)27-37-15-21-68(22-16-37)32-38-17-23-69(24-18-38)42-8-10-48-50(29-42)71(35(2)3)59(76)72(48)49-11-12-51(74)64-57(49)75/h1,5,8-10,28-31,35-38,40-41,49,63,73H,6-7,11-27,32-34H2,2-3H3,(H,64,74,75). The zero-order valence-corrected chi connectivity index (χ0v) is 44.2. The summed E-state index contributed by atoms with van der Waals surface area (Å²) in [5.74, 6) is 2.91. The molecule has 404 valence electrons. The number of imide groups is 1. The van der Waals surface area contributed by atoms with Crippen LogP contribution >= 0.6 is 0 Å². The third-order valence-electron chi connectivity index (χ3n) is 17.8. The number of hydrogen-bond donors (Lipinski definition) is 3. The van der Waals surface area contributed by atoms with Crippen LogP contribution in [0.25, 0.3) is 44.0 Å². The lowest BCUT2D eigenvalue weighted by atomic mass is 9.82. The van der Waals surface area contributed by atoms with Crippen LogP contribution in [0.2, 0.25) is 0 Å². The number of carbonyl (C=O) groups is 2. The van der Waals surface area contributed by atoms with Crippen LogP contribution in [0, 0.1) is 41.7 Å². The Bertz CT molecular complexity index is 3340. The van der Waals surface area contributed by atoms with Gasteiger partial charge < -0.3 is 29.9 Å². The molecule has 3 N–H and O–H groups in total. The molecule has 2 bridgehead atoms. The van der Waals surface area contributed by atoms with E-state index in [-0.39, 0.29) is 63.5 Å². The highest BCUT2D eigenvalue weighted by Gasteiger charge is 2.36. The zero-order valence-electron chi connectivity index (χ0n) is 44.2. The number of nitrogens with zero attached hydrogens (tertiary/aromatic N) is 9. The Morgan fingerprint density at radius 2 is 1.53 bits per heavy atom. The number of imidazole rings is 1. The average molecular weight is 1050 g/mol. The van der Waals surface area contributed by atoms with Crippen LogP contribution < -0.4 is 30.9 Å². The molecule has 6 saturated heterocycles. The van der Waals surface area contributed by atoms with Crippen molar-refractivity contribution in [2.45, 2.75) is 109 Å². The monoisotopic (exact) mass is 1050 g/mol. The number of pyridine rings is 1. The molecule has 6 aliphatic rings. The number of piperazine rings is 1. The van der Waals surface area contributed by atoms with Gasteiger partial charge in [-0.05, 0) is 164 Å². The molecule has 3 aromatic carbocycles. The second-order valence-electron chi connectivity index (χ2n) is 23.0. The second kappa shape index (κ2) is 21.3. The maximum absolute atomic E-state index is 17.1. The van der Waals surface area contributed by atoms with Gasteiger partial charge in [-0.15, -0.1) is 6.42 Å². The van der Waals surface area contributed by atoms with Gasteiger partial charge in [0.1, 0.15) is 41.2 Å². The highest BCUT2D eigenvalue weighted by atomic mass is 19.1. The molecule has 0 radical (unpaired) electrons. The fourth-order valence-corrected chi connectivity index (χ4v) is 13.7. The molecule has 0 aliphatic carbocycles. The Morgan fingerprint density at radius 3 is 2.23 bits per heavy atom. The van der Waals surface area contributed by atoms with Gasteiger partial charge in [0.15, 0.2) is 5.82 Å².